The normalized spacial score (nSPS) is 25.3. The van der Waals surface area contributed by atoms with Crippen LogP contribution in [0.25, 0.3) is 10.1 Å². The molecular weight excluding hydrogens is 214 g/mol. The molecule has 0 bridgehead atoms. The number of benzene rings is 1. The van der Waals surface area contributed by atoms with Crippen LogP contribution in [0.2, 0.25) is 0 Å². The van der Waals surface area contributed by atoms with Crippen molar-refractivity contribution in [2.24, 2.45) is 0 Å². The van der Waals surface area contributed by atoms with Crippen molar-refractivity contribution < 1.29 is 0 Å². The van der Waals surface area contributed by atoms with Gasteiger partial charge in [-0.15, -0.1) is 11.3 Å². The Morgan fingerprint density at radius 2 is 2.31 bits per heavy atom. The summed E-state index contributed by atoms with van der Waals surface area (Å²) < 4.78 is 1.47. The summed E-state index contributed by atoms with van der Waals surface area (Å²) >= 11 is 1.87. The third-order valence-electron chi connectivity index (χ3n) is 3.84. The van der Waals surface area contributed by atoms with Gasteiger partial charge in [-0.1, -0.05) is 25.1 Å². The smallest absolute Gasteiger partial charge is 0.0446 e. The Hall–Kier alpha value is -0.860. The number of rotatable bonds is 2. The van der Waals surface area contributed by atoms with Crippen LogP contribution in [0.4, 0.5) is 0 Å². The summed E-state index contributed by atoms with van der Waals surface area (Å²) in [6, 6.07) is 8.94. The van der Waals surface area contributed by atoms with Crippen molar-refractivity contribution >= 4 is 21.4 Å². The molecule has 1 aliphatic rings. The number of thiophene rings is 1. The average Bonchev–Trinajstić information content (AvgIpc) is 2.98. The summed E-state index contributed by atoms with van der Waals surface area (Å²) in [7, 11) is 0. The Morgan fingerprint density at radius 1 is 1.38 bits per heavy atom. The van der Waals surface area contributed by atoms with E-state index in [-0.39, 0.29) is 5.54 Å². The minimum Gasteiger partial charge on any atom is -0.307 e. The van der Waals surface area contributed by atoms with Crippen LogP contribution in [0.3, 0.4) is 0 Å². The van der Waals surface area contributed by atoms with Crippen molar-refractivity contribution in [3.05, 3.63) is 35.2 Å². The van der Waals surface area contributed by atoms with Crippen molar-refractivity contribution in [2.75, 3.05) is 6.54 Å². The topological polar surface area (TPSA) is 12.0 Å². The third kappa shape index (κ3) is 1.40. The van der Waals surface area contributed by atoms with Gasteiger partial charge in [-0.05, 0) is 48.2 Å². The average molecular weight is 231 g/mol. The van der Waals surface area contributed by atoms with E-state index in [0.29, 0.717) is 0 Å². The van der Waals surface area contributed by atoms with Crippen LogP contribution in [0.5, 0.6) is 0 Å². The van der Waals surface area contributed by atoms with Gasteiger partial charge in [0.05, 0.1) is 0 Å². The molecule has 0 amide bonds. The van der Waals surface area contributed by atoms with Gasteiger partial charge < -0.3 is 5.32 Å². The first-order chi connectivity index (χ1) is 7.86. The summed E-state index contributed by atoms with van der Waals surface area (Å²) in [4.78, 5) is 0. The van der Waals surface area contributed by atoms with Gasteiger partial charge in [0.15, 0.2) is 0 Å². The van der Waals surface area contributed by atoms with E-state index < -0.39 is 0 Å². The van der Waals surface area contributed by atoms with Crippen LogP contribution in [0.15, 0.2) is 29.6 Å². The molecule has 2 heterocycles. The fraction of sp³-hybridized carbons (Fsp3) is 0.429. The Labute approximate surface area is 100 Å². The van der Waals surface area contributed by atoms with Crippen LogP contribution >= 0.6 is 11.3 Å². The van der Waals surface area contributed by atoms with E-state index in [1.807, 2.05) is 11.3 Å². The Bertz CT molecular complexity index is 494. The lowest BCUT2D eigenvalue weighted by Crippen LogP contribution is -2.35. The predicted molar refractivity (Wildman–Crippen MR) is 71.0 cm³/mol. The SMILES string of the molecule is CCC1(c2cccc3ccsc23)CCCN1. The standard InChI is InChI=1S/C14H17NS/c1-2-14(8-4-9-15-14)12-6-3-5-11-7-10-16-13(11)12/h3,5-7,10,15H,2,4,8-9H2,1H3. The number of hydrogen-bond donors (Lipinski definition) is 1. The fourth-order valence-corrected chi connectivity index (χ4v) is 3.91. The first-order valence-electron chi connectivity index (χ1n) is 6.07. The lowest BCUT2D eigenvalue weighted by molar-refractivity contribution is 0.380. The first kappa shape index (κ1) is 10.3. The minimum atomic E-state index is 0.240. The maximum Gasteiger partial charge on any atom is 0.0446 e. The second kappa shape index (κ2) is 3.86. The minimum absolute atomic E-state index is 0.240. The highest BCUT2D eigenvalue weighted by atomic mass is 32.1. The summed E-state index contributed by atoms with van der Waals surface area (Å²) in [5.74, 6) is 0. The second-order valence-electron chi connectivity index (χ2n) is 4.61. The first-order valence-corrected chi connectivity index (χ1v) is 6.95. The largest absolute Gasteiger partial charge is 0.307 e. The van der Waals surface area contributed by atoms with E-state index in [1.165, 1.54) is 34.9 Å². The molecule has 0 radical (unpaired) electrons. The number of nitrogens with one attached hydrogen (secondary N) is 1. The molecule has 1 aliphatic heterocycles. The van der Waals surface area contributed by atoms with Crippen LogP contribution in [-0.2, 0) is 5.54 Å². The van der Waals surface area contributed by atoms with Gasteiger partial charge in [-0.25, -0.2) is 0 Å². The Balaban J connectivity index is 2.20. The second-order valence-corrected chi connectivity index (χ2v) is 5.53. The predicted octanol–water partition coefficient (Wildman–Crippen LogP) is 3.89. The lowest BCUT2D eigenvalue weighted by Gasteiger charge is -2.29. The maximum absolute atomic E-state index is 3.72. The molecule has 1 aromatic heterocycles. The van der Waals surface area contributed by atoms with Crippen molar-refractivity contribution in [3.8, 4) is 0 Å². The summed E-state index contributed by atoms with van der Waals surface area (Å²) in [5, 5.41) is 7.32. The molecule has 0 spiro atoms. The highest BCUT2D eigenvalue weighted by Gasteiger charge is 2.34. The quantitative estimate of drug-likeness (QED) is 0.827. The molecule has 1 fully saturated rings. The molecule has 1 nitrogen and oxygen atoms in total. The van der Waals surface area contributed by atoms with Crippen LogP contribution in [0, 0.1) is 0 Å². The zero-order valence-electron chi connectivity index (χ0n) is 9.62. The van der Waals surface area contributed by atoms with Crippen LogP contribution in [-0.4, -0.2) is 6.54 Å². The summed E-state index contributed by atoms with van der Waals surface area (Å²) in [6.07, 6.45) is 3.76. The van der Waals surface area contributed by atoms with Gasteiger partial charge in [0, 0.05) is 10.2 Å². The van der Waals surface area contributed by atoms with Gasteiger partial charge in [0.25, 0.3) is 0 Å². The Morgan fingerprint density at radius 3 is 3.06 bits per heavy atom. The van der Waals surface area contributed by atoms with Crippen molar-refractivity contribution in [1.29, 1.82) is 0 Å². The van der Waals surface area contributed by atoms with E-state index in [4.69, 9.17) is 0 Å². The van der Waals surface area contributed by atoms with Gasteiger partial charge in [0.1, 0.15) is 0 Å². The van der Waals surface area contributed by atoms with Crippen LogP contribution in [0.1, 0.15) is 31.7 Å². The Kier molecular flexibility index (Phi) is 2.49. The molecule has 2 heteroatoms. The van der Waals surface area contributed by atoms with E-state index in [1.54, 1.807) is 0 Å². The fourth-order valence-electron chi connectivity index (χ4n) is 2.90. The molecule has 1 N–H and O–H groups in total. The molecule has 1 atom stereocenters. The van der Waals surface area contributed by atoms with Gasteiger partial charge >= 0.3 is 0 Å². The molecule has 2 aromatic rings. The van der Waals surface area contributed by atoms with Crippen molar-refractivity contribution in [2.45, 2.75) is 31.7 Å². The highest BCUT2D eigenvalue weighted by molar-refractivity contribution is 7.17. The zero-order valence-corrected chi connectivity index (χ0v) is 10.4. The summed E-state index contributed by atoms with van der Waals surface area (Å²) in [6.45, 7) is 3.46. The molecule has 16 heavy (non-hydrogen) atoms. The maximum atomic E-state index is 3.72. The van der Waals surface area contributed by atoms with E-state index in [2.05, 4.69) is 41.9 Å². The molecular formula is C14H17NS. The molecule has 84 valence electrons. The molecule has 1 aromatic carbocycles. The van der Waals surface area contributed by atoms with Crippen molar-refractivity contribution in [1.82, 2.24) is 5.32 Å². The van der Waals surface area contributed by atoms with Crippen LogP contribution < -0.4 is 5.32 Å². The zero-order chi connectivity index (χ0) is 11.0. The molecule has 0 aliphatic carbocycles. The van der Waals surface area contributed by atoms with Gasteiger partial charge in [-0.2, -0.15) is 0 Å². The lowest BCUT2D eigenvalue weighted by atomic mass is 9.85. The van der Waals surface area contributed by atoms with E-state index in [9.17, 15) is 0 Å². The third-order valence-corrected chi connectivity index (χ3v) is 4.81. The van der Waals surface area contributed by atoms with Gasteiger partial charge in [0.2, 0.25) is 0 Å². The monoisotopic (exact) mass is 231 g/mol. The van der Waals surface area contributed by atoms with Gasteiger partial charge in [-0.3, -0.25) is 0 Å². The summed E-state index contributed by atoms with van der Waals surface area (Å²) in [5.41, 5.74) is 1.75. The number of fused-ring (bicyclic) bond motifs is 1. The molecule has 3 rings (SSSR count). The van der Waals surface area contributed by atoms with E-state index in [0.717, 1.165) is 6.54 Å². The molecule has 0 saturated carbocycles. The van der Waals surface area contributed by atoms with E-state index >= 15 is 0 Å². The highest BCUT2D eigenvalue weighted by Crippen LogP contribution is 2.39. The molecule has 1 unspecified atom stereocenters. The molecule has 1 saturated heterocycles. The van der Waals surface area contributed by atoms with Crippen molar-refractivity contribution in [3.63, 3.8) is 0 Å². The number of hydrogen-bond acceptors (Lipinski definition) is 2.